The summed E-state index contributed by atoms with van der Waals surface area (Å²) in [6, 6.07) is 9.98. The maximum absolute atomic E-state index is 5.90. The van der Waals surface area contributed by atoms with Crippen LogP contribution in [0.2, 0.25) is 19.6 Å². The minimum Gasteiger partial charge on any atom is -0.330 e. The summed E-state index contributed by atoms with van der Waals surface area (Å²) in [5, 5.41) is 1.55. The van der Waals surface area contributed by atoms with E-state index >= 15 is 0 Å². The Morgan fingerprint density at radius 1 is 1.15 bits per heavy atom. The average molecular weight is 291 g/mol. The van der Waals surface area contributed by atoms with Crippen molar-refractivity contribution in [2.75, 3.05) is 13.6 Å². The highest BCUT2D eigenvalue weighted by molar-refractivity contribution is 6.88. The highest BCUT2D eigenvalue weighted by Gasteiger charge is 2.29. The Labute approximate surface area is 125 Å². The van der Waals surface area contributed by atoms with Gasteiger partial charge in [0.05, 0.1) is 8.07 Å². The molecule has 0 saturated heterocycles. The molecule has 0 heterocycles. The zero-order valence-electron chi connectivity index (χ0n) is 13.5. The Hall–Kier alpha value is -0.643. The second-order valence-electron chi connectivity index (χ2n) is 7.36. The summed E-state index contributed by atoms with van der Waals surface area (Å²) in [4.78, 5) is 2.51. The molecule has 2 unspecified atom stereocenters. The van der Waals surface area contributed by atoms with Gasteiger partial charge in [0.2, 0.25) is 0 Å². The van der Waals surface area contributed by atoms with Gasteiger partial charge >= 0.3 is 0 Å². The molecule has 0 bridgehead atoms. The first-order valence-corrected chi connectivity index (χ1v) is 11.4. The summed E-state index contributed by atoms with van der Waals surface area (Å²) in [7, 11) is 1.09. The van der Waals surface area contributed by atoms with Gasteiger partial charge in [0.15, 0.2) is 0 Å². The first-order valence-electron chi connectivity index (χ1n) is 7.91. The van der Waals surface area contributed by atoms with Gasteiger partial charge in [0.25, 0.3) is 0 Å². The highest BCUT2D eigenvalue weighted by Crippen LogP contribution is 2.29. The molecule has 2 atom stereocenters. The Bertz CT molecular complexity index is 422. The second kappa shape index (κ2) is 6.42. The third-order valence-corrected chi connectivity index (χ3v) is 6.81. The van der Waals surface area contributed by atoms with Crippen LogP contribution >= 0.6 is 0 Å². The van der Waals surface area contributed by atoms with Crippen molar-refractivity contribution < 1.29 is 0 Å². The van der Waals surface area contributed by atoms with E-state index in [0.717, 1.165) is 13.1 Å². The first-order chi connectivity index (χ1) is 9.41. The van der Waals surface area contributed by atoms with Crippen molar-refractivity contribution in [1.82, 2.24) is 4.90 Å². The molecule has 112 valence electrons. The zero-order valence-corrected chi connectivity index (χ0v) is 14.5. The molecule has 3 heteroatoms. The van der Waals surface area contributed by atoms with Gasteiger partial charge in [-0.25, -0.2) is 0 Å². The molecule has 1 fully saturated rings. The van der Waals surface area contributed by atoms with E-state index in [4.69, 9.17) is 5.73 Å². The van der Waals surface area contributed by atoms with Crippen molar-refractivity contribution in [2.24, 2.45) is 11.7 Å². The van der Waals surface area contributed by atoms with E-state index in [0.29, 0.717) is 12.0 Å². The van der Waals surface area contributed by atoms with Crippen LogP contribution in [0.15, 0.2) is 24.3 Å². The highest BCUT2D eigenvalue weighted by atomic mass is 28.3. The first kappa shape index (κ1) is 15.7. The van der Waals surface area contributed by atoms with Gasteiger partial charge < -0.3 is 5.73 Å². The van der Waals surface area contributed by atoms with Crippen molar-refractivity contribution in [3.63, 3.8) is 0 Å². The van der Waals surface area contributed by atoms with Crippen LogP contribution in [-0.4, -0.2) is 32.6 Å². The lowest BCUT2D eigenvalue weighted by atomic mass is 10.0. The van der Waals surface area contributed by atoms with E-state index in [9.17, 15) is 0 Å². The molecular formula is C17H30N2Si. The van der Waals surface area contributed by atoms with Crippen molar-refractivity contribution in [3.8, 4) is 0 Å². The van der Waals surface area contributed by atoms with Gasteiger partial charge in [0, 0.05) is 12.6 Å². The van der Waals surface area contributed by atoms with E-state index in [1.807, 2.05) is 0 Å². The molecule has 1 aromatic carbocycles. The van der Waals surface area contributed by atoms with Crippen molar-refractivity contribution in [1.29, 1.82) is 0 Å². The summed E-state index contributed by atoms with van der Waals surface area (Å²) in [5.41, 5.74) is 7.33. The maximum atomic E-state index is 5.90. The fourth-order valence-corrected chi connectivity index (χ4v) is 4.55. The van der Waals surface area contributed by atoms with Crippen molar-refractivity contribution >= 4 is 13.3 Å². The van der Waals surface area contributed by atoms with E-state index in [1.165, 1.54) is 24.8 Å². The molecule has 1 aliphatic carbocycles. The number of benzene rings is 1. The minimum absolute atomic E-state index is 0.677. The molecule has 0 aromatic heterocycles. The lowest BCUT2D eigenvalue weighted by Gasteiger charge is -2.29. The van der Waals surface area contributed by atoms with Gasteiger partial charge in [0.1, 0.15) is 0 Å². The van der Waals surface area contributed by atoms with Crippen LogP contribution in [0.5, 0.6) is 0 Å². The standard InChI is InChI=1S/C17H30N2Si/c1-19(17-7-5-6-15(17)12-18)13-14-8-10-16(11-9-14)20(2,3)4/h8-11,15,17H,5-7,12-13,18H2,1-4H3. The van der Waals surface area contributed by atoms with Gasteiger partial charge in [-0.3, -0.25) is 4.90 Å². The number of nitrogens with two attached hydrogens (primary N) is 1. The van der Waals surface area contributed by atoms with Crippen LogP contribution in [0.1, 0.15) is 24.8 Å². The number of hydrogen-bond donors (Lipinski definition) is 1. The van der Waals surface area contributed by atoms with E-state index in [-0.39, 0.29) is 0 Å². The average Bonchev–Trinajstić information content (AvgIpc) is 2.86. The normalized spacial score (nSPS) is 23.5. The fraction of sp³-hybridized carbons (Fsp3) is 0.647. The van der Waals surface area contributed by atoms with Crippen LogP contribution in [-0.2, 0) is 6.54 Å². The Balaban J connectivity index is 1.99. The summed E-state index contributed by atoms with van der Waals surface area (Å²) >= 11 is 0. The number of rotatable bonds is 5. The molecule has 1 aromatic rings. The van der Waals surface area contributed by atoms with E-state index < -0.39 is 8.07 Å². The molecule has 0 spiro atoms. The summed E-state index contributed by atoms with van der Waals surface area (Å²) in [6.07, 6.45) is 3.96. The second-order valence-corrected chi connectivity index (χ2v) is 12.4. The lowest BCUT2D eigenvalue weighted by Crippen LogP contribution is -2.38. The Kier molecular flexibility index (Phi) is 5.05. The third kappa shape index (κ3) is 3.71. The van der Waals surface area contributed by atoms with Crippen LogP contribution in [0.4, 0.5) is 0 Å². The van der Waals surface area contributed by atoms with Gasteiger partial charge in [-0.1, -0.05) is 55.5 Å². The van der Waals surface area contributed by atoms with Gasteiger partial charge in [-0.05, 0) is 37.9 Å². The van der Waals surface area contributed by atoms with Gasteiger partial charge in [-0.2, -0.15) is 0 Å². The molecule has 2 N–H and O–H groups in total. The molecule has 20 heavy (non-hydrogen) atoms. The summed E-state index contributed by atoms with van der Waals surface area (Å²) in [6.45, 7) is 9.09. The monoisotopic (exact) mass is 290 g/mol. The van der Waals surface area contributed by atoms with Crippen LogP contribution in [0, 0.1) is 5.92 Å². The molecule has 2 rings (SSSR count). The Morgan fingerprint density at radius 3 is 2.35 bits per heavy atom. The molecule has 0 aliphatic heterocycles. The maximum Gasteiger partial charge on any atom is 0.0775 e. The van der Waals surface area contributed by atoms with Crippen LogP contribution in [0.25, 0.3) is 0 Å². The van der Waals surface area contributed by atoms with Crippen molar-refractivity contribution in [3.05, 3.63) is 29.8 Å². The lowest BCUT2D eigenvalue weighted by molar-refractivity contribution is 0.193. The predicted octanol–water partition coefficient (Wildman–Crippen LogP) is 2.79. The number of nitrogens with zero attached hydrogens (tertiary/aromatic N) is 1. The summed E-state index contributed by atoms with van der Waals surface area (Å²) in [5.74, 6) is 0.696. The molecule has 0 radical (unpaired) electrons. The molecule has 1 saturated carbocycles. The van der Waals surface area contributed by atoms with Crippen LogP contribution in [0.3, 0.4) is 0 Å². The third-order valence-electron chi connectivity index (χ3n) is 4.74. The quantitative estimate of drug-likeness (QED) is 0.845. The Morgan fingerprint density at radius 2 is 1.80 bits per heavy atom. The fourth-order valence-electron chi connectivity index (χ4n) is 3.39. The molecule has 0 amide bonds. The minimum atomic E-state index is -1.17. The van der Waals surface area contributed by atoms with Crippen molar-refractivity contribution in [2.45, 2.75) is 51.5 Å². The van der Waals surface area contributed by atoms with Crippen LogP contribution < -0.4 is 10.9 Å². The topological polar surface area (TPSA) is 29.3 Å². The predicted molar refractivity (Wildman–Crippen MR) is 91.1 cm³/mol. The van der Waals surface area contributed by atoms with E-state index in [1.54, 1.807) is 5.19 Å². The molecule has 2 nitrogen and oxygen atoms in total. The largest absolute Gasteiger partial charge is 0.330 e. The summed E-state index contributed by atoms with van der Waals surface area (Å²) < 4.78 is 0. The smallest absolute Gasteiger partial charge is 0.0775 e. The number of hydrogen-bond acceptors (Lipinski definition) is 2. The van der Waals surface area contributed by atoms with E-state index in [2.05, 4.69) is 55.9 Å². The SMILES string of the molecule is CN(Cc1ccc([Si](C)(C)C)cc1)C1CCCC1CN. The molecular weight excluding hydrogens is 260 g/mol. The van der Waals surface area contributed by atoms with Gasteiger partial charge in [-0.15, -0.1) is 0 Å². The zero-order chi connectivity index (χ0) is 14.8. The molecule has 1 aliphatic rings.